The molecule has 0 aromatic carbocycles. The summed E-state index contributed by atoms with van der Waals surface area (Å²) in [6, 6.07) is 0.545. The van der Waals surface area contributed by atoms with E-state index in [2.05, 4.69) is 48.0 Å². The van der Waals surface area contributed by atoms with Crippen LogP contribution in [0.3, 0.4) is 0 Å². The monoisotopic (exact) mass is 291 g/mol. The molecule has 0 saturated carbocycles. The molecule has 1 atom stereocenters. The van der Waals surface area contributed by atoms with Gasteiger partial charge in [0.2, 0.25) is 5.95 Å². The first-order chi connectivity index (χ1) is 10.1. The Morgan fingerprint density at radius 2 is 2.24 bits per heavy atom. The Bertz CT molecular complexity index is 446. The fraction of sp³-hybridized carbons (Fsp3) is 0.750. The van der Waals surface area contributed by atoms with Gasteiger partial charge in [-0.2, -0.15) is 0 Å². The second-order valence-corrected chi connectivity index (χ2v) is 6.21. The smallest absolute Gasteiger partial charge is 0.225 e. The highest BCUT2D eigenvalue weighted by molar-refractivity contribution is 5.36. The van der Waals surface area contributed by atoms with Gasteiger partial charge in [0.05, 0.1) is 0 Å². The lowest BCUT2D eigenvalue weighted by molar-refractivity contribution is 0.371. The third-order valence-corrected chi connectivity index (χ3v) is 4.02. The van der Waals surface area contributed by atoms with Gasteiger partial charge >= 0.3 is 0 Å². The molecule has 1 aromatic rings. The van der Waals surface area contributed by atoms with Gasteiger partial charge in [-0.15, -0.1) is 0 Å². The average Bonchev–Trinajstić information content (AvgIpc) is 2.88. The summed E-state index contributed by atoms with van der Waals surface area (Å²) in [6.45, 7) is 8.32. The number of nitrogens with one attached hydrogen (secondary N) is 1. The molecular formula is C16H29N5. The van der Waals surface area contributed by atoms with Crippen molar-refractivity contribution in [2.45, 2.75) is 45.7 Å². The van der Waals surface area contributed by atoms with Crippen LogP contribution in [0.4, 0.5) is 5.95 Å². The molecule has 1 aliphatic rings. The maximum Gasteiger partial charge on any atom is 0.225 e. The second-order valence-electron chi connectivity index (χ2n) is 6.21. The number of likely N-dealkylation sites (N-methyl/N-ethyl adjacent to an activating group) is 1. The first-order valence-electron chi connectivity index (χ1n) is 8.06. The molecule has 0 spiro atoms. The van der Waals surface area contributed by atoms with Crippen LogP contribution in [-0.2, 0) is 6.54 Å². The highest BCUT2D eigenvalue weighted by atomic mass is 15.3. The van der Waals surface area contributed by atoms with Crippen LogP contribution >= 0.6 is 0 Å². The Hall–Kier alpha value is -1.20. The molecule has 1 fully saturated rings. The fourth-order valence-electron chi connectivity index (χ4n) is 2.90. The molecule has 2 rings (SSSR count). The predicted octanol–water partition coefficient (Wildman–Crippen LogP) is 1.82. The van der Waals surface area contributed by atoms with Crippen LogP contribution in [0.2, 0.25) is 0 Å². The van der Waals surface area contributed by atoms with Crippen LogP contribution in [0.25, 0.3) is 0 Å². The summed E-state index contributed by atoms with van der Waals surface area (Å²) < 4.78 is 0. The van der Waals surface area contributed by atoms with Gasteiger partial charge in [0.25, 0.3) is 0 Å². The Morgan fingerprint density at radius 3 is 2.90 bits per heavy atom. The molecule has 1 unspecified atom stereocenters. The largest absolute Gasteiger partial charge is 0.337 e. The molecule has 5 heteroatoms. The van der Waals surface area contributed by atoms with E-state index in [1.54, 1.807) is 0 Å². The van der Waals surface area contributed by atoms with Crippen molar-refractivity contribution in [1.29, 1.82) is 0 Å². The zero-order chi connectivity index (χ0) is 15.2. The number of hydrogen-bond donors (Lipinski definition) is 1. The first kappa shape index (κ1) is 16.2. The van der Waals surface area contributed by atoms with Crippen molar-refractivity contribution in [3.8, 4) is 0 Å². The Balaban J connectivity index is 2.04. The van der Waals surface area contributed by atoms with Gasteiger partial charge in [0.15, 0.2) is 0 Å². The van der Waals surface area contributed by atoms with Gasteiger partial charge < -0.3 is 15.1 Å². The van der Waals surface area contributed by atoms with Gasteiger partial charge in [-0.25, -0.2) is 9.97 Å². The van der Waals surface area contributed by atoms with Gasteiger partial charge in [-0.3, -0.25) is 0 Å². The van der Waals surface area contributed by atoms with E-state index in [9.17, 15) is 0 Å². The fourth-order valence-corrected chi connectivity index (χ4v) is 2.90. The number of aromatic nitrogens is 2. The predicted molar refractivity (Wildman–Crippen MR) is 87.7 cm³/mol. The molecular weight excluding hydrogens is 262 g/mol. The van der Waals surface area contributed by atoms with Crippen molar-refractivity contribution in [1.82, 2.24) is 20.2 Å². The van der Waals surface area contributed by atoms with Crippen molar-refractivity contribution in [3.63, 3.8) is 0 Å². The standard InChI is InChI=1S/C16H29N5/c1-5-8-17-10-14-11-18-16(19-13(14)2)21-9-6-7-15(21)12-20(3)4/h11,15,17H,5-10,12H2,1-4H3. The van der Waals surface area contributed by atoms with Gasteiger partial charge in [-0.05, 0) is 46.8 Å². The van der Waals surface area contributed by atoms with Crippen molar-refractivity contribution < 1.29 is 0 Å². The van der Waals surface area contributed by atoms with Crippen LogP contribution in [0, 0.1) is 6.92 Å². The minimum absolute atomic E-state index is 0.545. The van der Waals surface area contributed by atoms with Crippen molar-refractivity contribution in [2.75, 3.05) is 38.6 Å². The van der Waals surface area contributed by atoms with Crippen LogP contribution in [0.1, 0.15) is 37.4 Å². The summed E-state index contributed by atoms with van der Waals surface area (Å²) in [5, 5.41) is 3.42. The van der Waals surface area contributed by atoms with E-state index in [-0.39, 0.29) is 0 Å². The number of rotatable bonds is 7. The molecule has 118 valence electrons. The van der Waals surface area contributed by atoms with Crippen molar-refractivity contribution >= 4 is 5.95 Å². The van der Waals surface area contributed by atoms with E-state index in [1.165, 1.54) is 18.4 Å². The minimum Gasteiger partial charge on any atom is -0.337 e. The molecule has 1 saturated heterocycles. The molecule has 1 aromatic heterocycles. The summed E-state index contributed by atoms with van der Waals surface area (Å²) in [4.78, 5) is 14.0. The van der Waals surface area contributed by atoms with E-state index >= 15 is 0 Å². The molecule has 0 bridgehead atoms. The van der Waals surface area contributed by atoms with Crippen LogP contribution in [0.5, 0.6) is 0 Å². The molecule has 0 amide bonds. The summed E-state index contributed by atoms with van der Waals surface area (Å²) >= 11 is 0. The van der Waals surface area contributed by atoms with Crippen molar-refractivity contribution in [2.24, 2.45) is 0 Å². The zero-order valence-corrected chi connectivity index (χ0v) is 13.9. The number of aryl methyl sites for hydroxylation is 1. The number of anilines is 1. The Kier molecular flexibility index (Phi) is 5.94. The lowest BCUT2D eigenvalue weighted by atomic mass is 10.2. The third kappa shape index (κ3) is 4.38. The highest BCUT2D eigenvalue weighted by Crippen LogP contribution is 2.23. The average molecular weight is 291 g/mol. The molecule has 0 aliphatic carbocycles. The van der Waals surface area contributed by atoms with Crippen LogP contribution in [0.15, 0.2) is 6.20 Å². The Labute approximate surface area is 128 Å². The summed E-state index contributed by atoms with van der Waals surface area (Å²) in [6.07, 6.45) is 5.62. The van der Waals surface area contributed by atoms with Gasteiger partial charge in [-0.1, -0.05) is 6.92 Å². The normalized spacial score (nSPS) is 18.7. The summed E-state index contributed by atoms with van der Waals surface area (Å²) in [7, 11) is 4.26. The van der Waals surface area contributed by atoms with E-state index in [0.717, 1.165) is 44.2 Å². The van der Waals surface area contributed by atoms with E-state index in [1.807, 2.05) is 6.20 Å². The summed E-state index contributed by atoms with van der Waals surface area (Å²) in [5.41, 5.74) is 2.30. The maximum absolute atomic E-state index is 4.75. The number of nitrogens with zero attached hydrogens (tertiary/aromatic N) is 4. The van der Waals surface area contributed by atoms with E-state index < -0.39 is 0 Å². The molecule has 1 aliphatic heterocycles. The first-order valence-corrected chi connectivity index (χ1v) is 8.06. The molecule has 5 nitrogen and oxygen atoms in total. The lowest BCUT2D eigenvalue weighted by Crippen LogP contribution is -2.38. The van der Waals surface area contributed by atoms with Crippen LogP contribution < -0.4 is 10.2 Å². The summed E-state index contributed by atoms with van der Waals surface area (Å²) in [5.74, 6) is 0.899. The van der Waals surface area contributed by atoms with Gasteiger partial charge in [0, 0.05) is 43.1 Å². The van der Waals surface area contributed by atoms with Crippen LogP contribution in [-0.4, -0.2) is 54.6 Å². The van der Waals surface area contributed by atoms with Crippen molar-refractivity contribution in [3.05, 3.63) is 17.5 Å². The maximum atomic E-state index is 4.75. The Morgan fingerprint density at radius 1 is 1.43 bits per heavy atom. The third-order valence-electron chi connectivity index (χ3n) is 4.02. The quantitative estimate of drug-likeness (QED) is 0.776. The molecule has 2 heterocycles. The van der Waals surface area contributed by atoms with Gasteiger partial charge in [0.1, 0.15) is 0 Å². The minimum atomic E-state index is 0.545. The van der Waals surface area contributed by atoms with E-state index in [0.29, 0.717) is 6.04 Å². The topological polar surface area (TPSA) is 44.3 Å². The second kappa shape index (κ2) is 7.71. The molecule has 0 radical (unpaired) electrons. The lowest BCUT2D eigenvalue weighted by Gasteiger charge is -2.27. The van der Waals surface area contributed by atoms with E-state index in [4.69, 9.17) is 4.98 Å². The zero-order valence-electron chi connectivity index (χ0n) is 13.9. The molecule has 21 heavy (non-hydrogen) atoms. The SMILES string of the molecule is CCCNCc1cnc(N2CCCC2CN(C)C)nc1C. The molecule has 1 N–H and O–H groups in total. The highest BCUT2D eigenvalue weighted by Gasteiger charge is 2.27. The number of hydrogen-bond acceptors (Lipinski definition) is 5.